The average Bonchev–Trinajstić information content (AvgIpc) is 2.43. The number of hydrogen-bond acceptors (Lipinski definition) is 4. The summed E-state index contributed by atoms with van der Waals surface area (Å²) in [5, 5.41) is 8.92. The molecule has 0 aliphatic heterocycles. The Balaban J connectivity index is 3.21. The van der Waals surface area contributed by atoms with Crippen molar-refractivity contribution in [3.8, 4) is 0 Å². The van der Waals surface area contributed by atoms with E-state index in [1.54, 1.807) is 18.8 Å². The molecule has 1 aromatic rings. The van der Waals surface area contributed by atoms with Crippen LogP contribution in [0.1, 0.15) is 23.7 Å². The molecule has 0 radical (unpaired) electrons. The predicted octanol–water partition coefficient (Wildman–Crippen LogP) is 2.91. The quantitative estimate of drug-likeness (QED) is 0.767. The van der Waals surface area contributed by atoms with Crippen LogP contribution in [0.2, 0.25) is 0 Å². The Morgan fingerprint density at radius 3 is 2.52 bits per heavy atom. The molecule has 0 bridgehead atoms. The molecule has 1 aromatic carbocycles. The van der Waals surface area contributed by atoms with E-state index in [1.165, 1.54) is 22.5 Å². The van der Waals surface area contributed by atoms with E-state index in [4.69, 9.17) is 5.11 Å². The van der Waals surface area contributed by atoms with Crippen molar-refractivity contribution >= 4 is 43.7 Å². The number of sulfonamides is 1. The van der Waals surface area contributed by atoms with Gasteiger partial charge in [-0.3, -0.25) is 0 Å². The topological polar surface area (TPSA) is 74.7 Å². The van der Waals surface area contributed by atoms with E-state index in [0.717, 1.165) is 0 Å². The number of benzene rings is 1. The summed E-state index contributed by atoms with van der Waals surface area (Å²) < 4.78 is 26.9. The van der Waals surface area contributed by atoms with Crippen LogP contribution in [0.3, 0.4) is 0 Å². The Labute approximate surface area is 137 Å². The highest BCUT2D eigenvalue weighted by Crippen LogP contribution is 2.27. The van der Waals surface area contributed by atoms with Crippen molar-refractivity contribution in [2.24, 2.45) is 0 Å². The molecule has 118 valence electrons. The highest BCUT2D eigenvalue weighted by atomic mass is 79.9. The molecular formula is C13H18BrNO4S2. The zero-order chi connectivity index (χ0) is 16.2. The minimum atomic E-state index is -3.67. The zero-order valence-corrected chi connectivity index (χ0v) is 15.3. The summed E-state index contributed by atoms with van der Waals surface area (Å²) in [4.78, 5) is 11.0. The number of hydrogen-bond donors (Lipinski definition) is 1. The summed E-state index contributed by atoms with van der Waals surface area (Å²) in [6, 6.07) is 3.82. The zero-order valence-electron chi connectivity index (χ0n) is 12.0. The maximum atomic E-state index is 12.6. The van der Waals surface area contributed by atoms with Crippen molar-refractivity contribution < 1.29 is 18.3 Å². The summed E-state index contributed by atoms with van der Waals surface area (Å²) in [5.41, 5.74) is 0.0413. The smallest absolute Gasteiger partial charge is 0.335 e. The van der Waals surface area contributed by atoms with Crippen molar-refractivity contribution in [3.63, 3.8) is 0 Å². The Hall–Kier alpha value is -0.570. The maximum absolute atomic E-state index is 12.6. The van der Waals surface area contributed by atoms with Crippen molar-refractivity contribution in [3.05, 3.63) is 28.2 Å². The monoisotopic (exact) mass is 395 g/mol. The SMILES string of the molecule is CCC(CSC)N(C)S(=O)(=O)c1ccc(C(=O)O)cc1Br. The molecule has 0 fully saturated rings. The molecule has 1 unspecified atom stereocenters. The van der Waals surface area contributed by atoms with Gasteiger partial charge in [0.2, 0.25) is 10.0 Å². The van der Waals surface area contributed by atoms with Crippen LogP contribution < -0.4 is 0 Å². The van der Waals surface area contributed by atoms with E-state index in [1.807, 2.05) is 13.2 Å². The van der Waals surface area contributed by atoms with Crippen LogP contribution in [0.25, 0.3) is 0 Å². The first-order valence-electron chi connectivity index (χ1n) is 6.25. The van der Waals surface area contributed by atoms with E-state index < -0.39 is 16.0 Å². The molecular weight excluding hydrogens is 378 g/mol. The molecule has 0 heterocycles. The van der Waals surface area contributed by atoms with Gasteiger partial charge in [0.1, 0.15) is 0 Å². The molecule has 0 aliphatic carbocycles. The number of thioether (sulfide) groups is 1. The molecule has 0 aromatic heterocycles. The number of aromatic carboxylic acids is 1. The lowest BCUT2D eigenvalue weighted by Crippen LogP contribution is -2.38. The fraction of sp³-hybridized carbons (Fsp3) is 0.462. The fourth-order valence-electron chi connectivity index (χ4n) is 1.87. The number of nitrogens with zero attached hydrogens (tertiary/aromatic N) is 1. The van der Waals surface area contributed by atoms with Crippen LogP contribution >= 0.6 is 27.7 Å². The highest BCUT2D eigenvalue weighted by molar-refractivity contribution is 9.10. The van der Waals surface area contributed by atoms with Crippen LogP contribution in [0.15, 0.2) is 27.6 Å². The van der Waals surface area contributed by atoms with Gasteiger partial charge in [0.25, 0.3) is 0 Å². The van der Waals surface area contributed by atoms with Crippen molar-refractivity contribution in [1.29, 1.82) is 0 Å². The van der Waals surface area contributed by atoms with Crippen LogP contribution in [-0.2, 0) is 10.0 Å². The van der Waals surface area contributed by atoms with Crippen molar-refractivity contribution in [2.45, 2.75) is 24.3 Å². The van der Waals surface area contributed by atoms with Gasteiger partial charge in [0.15, 0.2) is 0 Å². The summed E-state index contributed by atoms with van der Waals surface area (Å²) in [7, 11) is -2.11. The van der Waals surface area contributed by atoms with Gasteiger partial charge in [-0.2, -0.15) is 16.1 Å². The molecule has 1 N–H and O–H groups in total. The van der Waals surface area contributed by atoms with Gasteiger partial charge in [-0.25, -0.2) is 13.2 Å². The van der Waals surface area contributed by atoms with E-state index >= 15 is 0 Å². The molecule has 0 saturated heterocycles. The number of carboxylic acids is 1. The summed E-state index contributed by atoms with van der Waals surface area (Å²) in [6.07, 6.45) is 2.64. The first-order chi connectivity index (χ1) is 9.75. The lowest BCUT2D eigenvalue weighted by molar-refractivity contribution is 0.0696. The standard InChI is InChI=1S/C13H18BrNO4S2/c1-4-10(8-20-3)15(2)21(18,19)12-6-5-9(13(16)17)7-11(12)14/h5-7,10H,4,8H2,1-3H3,(H,16,17). The molecule has 8 heteroatoms. The lowest BCUT2D eigenvalue weighted by Gasteiger charge is -2.26. The van der Waals surface area contributed by atoms with E-state index in [-0.39, 0.29) is 21.0 Å². The molecule has 0 amide bonds. The third-order valence-electron chi connectivity index (χ3n) is 3.18. The third-order valence-corrected chi connectivity index (χ3v) is 6.79. The first-order valence-corrected chi connectivity index (χ1v) is 9.88. The fourth-order valence-corrected chi connectivity index (χ4v) is 5.27. The molecule has 0 saturated carbocycles. The van der Waals surface area contributed by atoms with Gasteiger partial charge >= 0.3 is 5.97 Å². The van der Waals surface area contributed by atoms with Crippen LogP contribution in [0.5, 0.6) is 0 Å². The number of carbonyl (C=O) groups is 1. The van der Waals surface area contributed by atoms with E-state index in [0.29, 0.717) is 12.2 Å². The minimum Gasteiger partial charge on any atom is -0.478 e. The second-order valence-corrected chi connectivity index (χ2v) is 8.22. The van der Waals surface area contributed by atoms with Crippen LogP contribution in [0, 0.1) is 0 Å². The molecule has 21 heavy (non-hydrogen) atoms. The summed E-state index contributed by atoms with van der Waals surface area (Å²) in [5.74, 6) is -0.390. The van der Waals surface area contributed by atoms with Gasteiger partial charge in [-0.15, -0.1) is 0 Å². The van der Waals surface area contributed by atoms with Gasteiger partial charge in [0.05, 0.1) is 10.5 Å². The minimum absolute atomic E-state index is 0.0413. The van der Waals surface area contributed by atoms with E-state index in [9.17, 15) is 13.2 Å². The van der Waals surface area contributed by atoms with Crippen molar-refractivity contribution in [2.75, 3.05) is 19.1 Å². The van der Waals surface area contributed by atoms with Crippen LogP contribution in [-0.4, -0.2) is 48.9 Å². The summed E-state index contributed by atoms with van der Waals surface area (Å²) in [6.45, 7) is 1.94. The van der Waals surface area contributed by atoms with Gasteiger partial charge in [0, 0.05) is 23.3 Å². The number of rotatable bonds is 7. The lowest BCUT2D eigenvalue weighted by atomic mass is 10.2. The summed E-state index contributed by atoms with van der Waals surface area (Å²) >= 11 is 4.74. The molecule has 1 rings (SSSR count). The molecule has 1 atom stereocenters. The Morgan fingerprint density at radius 2 is 2.10 bits per heavy atom. The normalized spacial score (nSPS) is 13.4. The van der Waals surface area contributed by atoms with Crippen molar-refractivity contribution in [1.82, 2.24) is 4.31 Å². The second kappa shape index (κ2) is 7.62. The Morgan fingerprint density at radius 1 is 1.48 bits per heavy atom. The van der Waals surface area contributed by atoms with E-state index in [2.05, 4.69) is 15.9 Å². The van der Waals surface area contributed by atoms with Gasteiger partial charge in [-0.05, 0) is 46.8 Å². The number of carboxylic acid groups (broad SMARTS) is 1. The molecule has 0 spiro atoms. The van der Waals surface area contributed by atoms with Gasteiger partial charge in [-0.1, -0.05) is 6.92 Å². The second-order valence-electron chi connectivity index (χ2n) is 4.49. The maximum Gasteiger partial charge on any atom is 0.335 e. The predicted molar refractivity (Wildman–Crippen MR) is 88.5 cm³/mol. The third kappa shape index (κ3) is 4.21. The van der Waals surface area contributed by atoms with Gasteiger partial charge < -0.3 is 5.11 Å². The Bertz CT molecular complexity index is 619. The number of halogens is 1. The largest absolute Gasteiger partial charge is 0.478 e. The van der Waals surface area contributed by atoms with Crippen LogP contribution in [0.4, 0.5) is 0 Å². The average molecular weight is 396 g/mol. The Kier molecular flexibility index (Phi) is 6.71. The first kappa shape index (κ1) is 18.5. The molecule has 5 nitrogen and oxygen atoms in total. The highest BCUT2D eigenvalue weighted by Gasteiger charge is 2.28. The molecule has 0 aliphatic rings.